The number of fused-ring (bicyclic) bond motifs is 1. The molecule has 138 valence electrons. The zero-order chi connectivity index (χ0) is 18.3. The van der Waals surface area contributed by atoms with Crippen LogP contribution in [0.2, 0.25) is 0 Å². The molecule has 6 nitrogen and oxygen atoms in total. The van der Waals surface area contributed by atoms with Crippen LogP contribution < -0.4 is 0 Å². The van der Waals surface area contributed by atoms with Gasteiger partial charge in [-0.1, -0.05) is 24.3 Å². The molecule has 0 saturated carbocycles. The molecule has 2 saturated heterocycles. The van der Waals surface area contributed by atoms with Crippen molar-refractivity contribution in [1.29, 1.82) is 0 Å². The molecular weight excluding hydrogens is 342 g/mol. The highest BCUT2D eigenvalue weighted by molar-refractivity contribution is 5.92. The summed E-state index contributed by atoms with van der Waals surface area (Å²) in [5, 5.41) is 6.71. The zero-order valence-corrected chi connectivity index (χ0v) is 14.9. The summed E-state index contributed by atoms with van der Waals surface area (Å²) >= 11 is 0. The van der Waals surface area contributed by atoms with E-state index in [1.807, 2.05) is 11.0 Å². The first-order valence-electron chi connectivity index (χ1n) is 9.29. The average molecular weight is 363 g/mol. The van der Waals surface area contributed by atoms with E-state index in [-0.39, 0.29) is 17.4 Å². The van der Waals surface area contributed by atoms with Crippen LogP contribution in [0.1, 0.15) is 28.9 Å². The predicted octanol–water partition coefficient (Wildman–Crippen LogP) is 3.24. The molecule has 0 spiro atoms. The molecule has 6 heteroatoms. The molecule has 2 unspecified atom stereocenters. The lowest BCUT2D eigenvalue weighted by molar-refractivity contribution is 0.00279. The molecule has 2 aliphatic rings. The third-order valence-electron chi connectivity index (χ3n) is 6.09. The van der Waals surface area contributed by atoms with Crippen LogP contribution in [0.25, 0.3) is 11.1 Å². The van der Waals surface area contributed by atoms with E-state index in [9.17, 15) is 4.79 Å². The first kappa shape index (κ1) is 16.3. The minimum atomic E-state index is -0.0527. The Morgan fingerprint density at radius 2 is 2.04 bits per heavy atom. The average Bonchev–Trinajstić information content (AvgIpc) is 3.49. The van der Waals surface area contributed by atoms with Crippen LogP contribution in [0.4, 0.5) is 0 Å². The minimum Gasteiger partial charge on any atom is -0.472 e. The second kappa shape index (κ2) is 6.39. The Balaban J connectivity index is 1.47. The lowest BCUT2D eigenvalue weighted by atomic mass is 9.70. The molecule has 1 N–H and O–H groups in total. The van der Waals surface area contributed by atoms with Crippen molar-refractivity contribution in [2.45, 2.75) is 24.3 Å². The topological polar surface area (TPSA) is 71.4 Å². The second-order valence-corrected chi connectivity index (χ2v) is 7.31. The summed E-state index contributed by atoms with van der Waals surface area (Å²) in [7, 11) is 0. The molecule has 2 aromatic heterocycles. The van der Waals surface area contributed by atoms with Gasteiger partial charge in [0, 0.05) is 30.3 Å². The van der Waals surface area contributed by atoms with Crippen molar-refractivity contribution in [2.24, 2.45) is 0 Å². The van der Waals surface area contributed by atoms with Crippen molar-refractivity contribution in [1.82, 2.24) is 15.1 Å². The number of rotatable bonds is 3. The number of H-pyrrole nitrogens is 1. The molecule has 1 aromatic carbocycles. The fraction of sp³-hybridized carbons (Fsp3) is 0.333. The molecule has 0 bridgehead atoms. The van der Waals surface area contributed by atoms with Gasteiger partial charge in [0.1, 0.15) is 5.69 Å². The Bertz CT molecular complexity index is 918. The lowest BCUT2D eigenvalue weighted by Crippen LogP contribution is -2.51. The number of hydrogen-bond acceptors (Lipinski definition) is 4. The largest absolute Gasteiger partial charge is 0.472 e. The number of hydrogen-bond donors (Lipinski definition) is 1. The van der Waals surface area contributed by atoms with E-state index in [0.717, 1.165) is 37.1 Å². The standard InChI is InChI=1S/C21H21N3O3/c25-20(18-5-9-22-23-18)24-10-7-21(8-12-27-14-19(21)24)17-3-1-15(2-4-17)16-6-11-26-13-16/h1-6,9,11,13,19H,7-8,10,12,14H2,(H,22,23). The number of aromatic nitrogens is 2. The molecule has 2 aliphatic heterocycles. The van der Waals surface area contributed by atoms with Crippen molar-refractivity contribution in [3.63, 3.8) is 0 Å². The number of benzene rings is 1. The van der Waals surface area contributed by atoms with Crippen LogP contribution in [0.5, 0.6) is 0 Å². The number of amides is 1. The van der Waals surface area contributed by atoms with Crippen molar-refractivity contribution in [3.05, 3.63) is 66.4 Å². The molecule has 27 heavy (non-hydrogen) atoms. The summed E-state index contributed by atoms with van der Waals surface area (Å²) in [6.07, 6.45) is 6.93. The molecule has 3 aromatic rings. The highest BCUT2D eigenvalue weighted by Crippen LogP contribution is 2.46. The van der Waals surface area contributed by atoms with Crippen LogP contribution in [-0.4, -0.2) is 46.8 Å². The maximum atomic E-state index is 12.9. The highest BCUT2D eigenvalue weighted by Gasteiger charge is 2.51. The van der Waals surface area contributed by atoms with Gasteiger partial charge in [-0.15, -0.1) is 0 Å². The summed E-state index contributed by atoms with van der Waals surface area (Å²) in [4.78, 5) is 14.9. The second-order valence-electron chi connectivity index (χ2n) is 7.31. The summed E-state index contributed by atoms with van der Waals surface area (Å²) < 4.78 is 11.0. The molecule has 0 radical (unpaired) electrons. The van der Waals surface area contributed by atoms with E-state index in [1.165, 1.54) is 5.56 Å². The maximum Gasteiger partial charge on any atom is 0.272 e. The Hall–Kier alpha value is -2.86. The Labute approximate surface area is 157 Å². The molecule has 2 fully saturated rings. The van der Waals surface area contributed by atoms with E-state index in [1.54, 1.807) is 24.8 Å². The maximum absolute atomic E-state index is 12.9. The SMILES string of the molecule is O=C(c1ccn[nH]1)N1CCC2(c3ccc(-c4ccoc4)cc3)CCOCC12. The van der Waals surface area contributed by atoms with Gasteiger partial charge in [-0.05, 0) is 36.1 Å². The number of carbonyl (C=O) groups is 1. The highest BCUT2D eigenvalue weighted by atomic mass is 16.5. The molecule has 2 atom stereocenters. The van der Waals surface area contributed by atoms with Gasteiger partial charge < -0.3 is 14.1 Å². The summed E-state index contributed by atoms with van der Waals surface area (Å²) in [6, 6.07) is 12.4. The van der Waals surface area contributed by atoms with E-state index in [4.69, 9.17) is 9.15 Å². The van der Waals surface area contributed by atoms with Crippen LogP contribution in [0.3, 0.4) is 0 Å². The van der Waals surface area contributed by atoms with Gasteiger partial charge >= 0.3 is 0 Å². The van der Waals surface area contributed by atoms with Gasteiger partial charge in [0.05, 0.1) is 25.2 Å². The number of aromatic amines is 1. The number of furan rings is 1. The molecule has 5 rings (SSSR count). The number of likely N-dealkylation sites (tertiary alicyclic amines) is 1. The van der Waals surface area contributed by atoms with Crippen molar-refractivity contribution in [2.75, 3.05) is 19.8 Å². The van der Waals surface area contributed by atoms with E-state index in [0.29, 0.717) is 12.3 Å². The fourth-order valence-electron chi connectivity index (χ4n) is 4.61. The summed E-state index contributed by atoms with van der Waals surface area (Å²) in [5.41, 5.74) is 3.97. The fourth-order valence-corrected chi connectivity index (χ4v) is 4.61. The number of ether oxygens (including phenoxy) is 1. The number of carbonyl (C=O) groups excluding carboxylic acids is 1. The van der Waals surface area contributed by atoms with E-state index in [2.05, 4.69) is 34.5 Å². The van der Waals surface area contributed by atoms with Crippen molar-refractivity contribution in [3.8, 4) is 11.1 Å². The molecular formula is C21H21N3O3. The minimum absolute atomic E-state index is 0.0000997. The quantitative estimate of drug-likeness (QED) is 0.775. The van der Waals surface area contributed by atoms with Gasteiger partial charge in [0.15, 0.2) is 0 Å². The third-order valence-corrected chi connectivity index (χ3v) is 6.09. The van der Waals surface area contributed by atoms with E-state index < -0.39 is 0 Å². The molecule has 1 amide bonds. The van der Waals surface area contributed by atoms with Gasteiger partial charge in [0.2, 0.25) is 0 Å². The third kappa shape index (κ3) is 2.59. The van der Waals surface area contributed by atoms with Gasteiger partial charge in [-0.25, -0.2) is 0 Å². The lowest BCUT2D eigenvalue weighted by Gasteiger charge is -2.42. The van der Waals surface area contributed by atoms with Crippen molar-refractivity contribution >= 4 is 5.91 Å². The van der Waals surface area contributed by atoms with Crippen LogP contribution in [0.15, 0.2) is 59.5 Å². The van der Waals surface area contributed by atoms with E-state index >= 15 is 0 Å². The number of nitrogens with one attached hydrogen (secondary N) is 1. The Morgan fingerprint density at radius 1 is 1.15 bits per heavy atom. The summed E-state index contributed by atoms with van der Waals surface area (Å²) in [6.45, 7) is 2.03. The smallest absolute Gasteiger partial charge is 0.272 e. The van der Waals surface area contributed by atoms with Crippen LogP contribution >= 0.6 is 0 Å². The first-order chi connectivity index (χ1) is 13.3. The molecule has 0 aliphatic carbocycles. The molecule has 4 heterocycles. The van der Waals surface area contributed by atoms with Crippen LogP contribution in [0, 0.1) is 0 Å². The van der Waals surface area contributed by atoms with Crippen LogP contribution in [-0.2, 0) is 10.2 Å². The van der Waals surface area contributed by atoms with Crippen molar-refractivity contribution < 1.29 is 13.9 Å². The van der Waals surface area contributed by atoms with Gasteiger partial charge in [0.25, 0.3) is 5.91 Å². The Morgan fingerprint density at radius 3 is 2.78 bits per heavy atom. The zero-order valence-electron chi connectivity index (χ0n) is 14.9. The Kier molecular flexibility index (Phi) is 3.86. The summed E-state index contributed by atoms with van der Waals surface area (Å²) in [5.74, 6) is -0.0000997. The monoisotopic (exact) mass is 363 g/mol. The number of nitrogens with zero attached hydrogens (tertiary/aromatic N) is 2. The predicted molar refractivity (Wildman–Crippen MR) is 99.3 cm³/mol. The normalized spacial score (nSPS) is 24.7. The first-order valence-corrected chi connectivity index (χ1v) is 9.29. The van der Waals surface area contributed by atoms with Gasteiger partial charge in [-0.2, -0.15) is 5.10 Å². The van der Waals surface area contributed by atoms with Gasteiger partial charge in [-0.3, -0.25) is 9.89 Å².